The van der Waals surface area contributed by atoms with Crippen molar-refractivity contribution in [2.45, 2.75) is 43.8 Å². The third kappa shape index (κ3) is 3.06. The van der Waals surface area contributed by atoms with E-state index in [2.05, 4.69) is 11.1 Å². The van der Waals surface area contributed by atoms with E-state index in [1.807, 2.05) is 23.1 Å². The fourth-order valence-electron chi connectivity index (χ4n) is 3.71. The first kappa shape index (κ1) is 16.0. The average Bonchev–Trinajstić information content (AvgIpc) is 3.05. The second-order valence-electron chi connectivity index (χ2n) is 7.32. The Balaban J connectivity index is 1.25. The fraction of sp³-hybridized carbons (Fsp3) is 0.556. The number of rotatable bonds is 4. The van der Waals surface area contributed by atoms with Crippen molar-refractivity contribution in [3.8, 4) is 0 Å². The lowest BCUT2D eigenvalue weighted by Crippen LogP contribution is -2.63. The number of aryl methyl sites for hydroxylation is 1. The fourth-order valence-corrected chi connectivity index (χ4v) is 4.72. The number of ether oxygens (including phenoxy) is 1. The quantitative estimate of drug-likeness (QED) is 0.923. The Bertz CT molecular complexity index is 731. The van der Waals surface area contributed by atoms with Crippen molar-refractivity contribution in [1.82, 2.24) is 9.88 Å². The van der Waals surface area contributed by atoms with Crippen molar-refractivity contribution in [3.63, 3.8) is 0 Å². The van der Waals surface area contributed by atoms with Gasteiger partial charge in [0.15, 0.2) is 0 Å². The minimum absolute atomic E-state index is 0.178. The van der Waals surface area contributed by atoms with E-state index in [0.717, 1.165) is 23.4 Å². The van der Waals surface area contributed by atoms with Crippen LogP contribution in [0.4, 0.5) is 0 Å². The van der Waals surface area contributed by atoms with E-state index in [1.165, 1.54) is 4.70 Å². The van der Waals surface area contributed by atoms with Crippen molar-refractivity contribution in [2.24, 2.45) is 0 Å². The van der Waals surface area contributed by atoms with Gasteiger partial charge in [0.1, 0.15) is 5.60 Å². The number of nitrogens with zero attached hydrogens (tertiary/aromatic N) is 2. The van der Waals surface area contributed by atoms with Crippen LogP contribution >= 0.6 is 11.3 Å². The monoisotopic (exact) mass is 346 g/mol. The molecule has 2 aromatic rings. The molecule has 2 aliphatic heterocycles. The molecule has 2 saturated heterocycles. The Morgan fingerprint density at radius 3 is 2.92 bits per heavy atom. The summed E-state index contributed by atoms with van der Waals surface area (Å²) in [7, 11) is 0. The summed E-state index contributed by atoms with van der Waals surface area (Å²) in [6.07, 6.45) is 2.83. The van der Waals surface area contributed by atoms with Gasteiger partial charge < -0.3 is 14.7 Å². The summed E-state index contributed by atoms with van der Waals surface area (Å²) in [5, 5.41) is 11.1. The highest BCUT2D eigenvalue weighted by atomic mass is 32.1. The van der Waals surface area contributed by atoms with Crippen LogP contribution in [0.1, 0.15) is 31.2 Å². The Morgan fingerprint density at radius 1 is 1.42 bits per heavy atom. The van der Waals surface area contributed by atoms with Gasteiger partial charge in [0.05, 0.1) is 40.5 Å². The summed E-state index contributed by atoms with van der Waals surface area (Å²) in [6.45, 7) is 3.39. The molecular weight excluding hydrogens is 324 g/mol. The average molecular weight is 346 g/mol. The largest absolute Gasteiger partial charge is 0.388 e. The molecule has 1 atom stereocenters. The molecule has 6 heteroatoms. The number of hydrogen-bond donors (Lipinski definition) is 1. The second-order valence-corrected chi connectivity index (χ2v) is 8.44. The minimum Gasteiger partial charge on any atom is -0.388 e. The summed E-state index contributed by atoms with van der Waals surface area (Å²) in [5.41, 5.74) is -0.00675. The Hall–Kier alpha value is -1.50. The number of aliphatic hydroxyl groups is 1. The first-order valence-corrected chi connectivity index (χ1v) is 9.25. The maximum Gasteiger partial charge on any atom is 0.222 e. The predicted molar refractivity (Wildman–Crippen MR) is 93.1 cm³/mol. The zero-order valence-electron chi connectivity index (χ0n) is 13.8. The van der Waals surface area contributed by atoms with E-state index >= 15 is 0 Å². The number of thiazole rings is 1. The van der Waals surface area contributed by atoms with Gasteiger partial charge in [-0.1, -0.05) is 12.1 Å². The van der Waals surface area contributed by atoms with Crippen LogP contribution in [0.5, 0.6) is 0 Å². The number of benzene rings is 1. The van der Waals surface area contributed by atoms with Crippen molar-refractivity contribution < 1.29 is 14.6 Å². The van der Waals surface area contributed by atoms with Crippen molar-refractivity contribution in [3.05, 3.63) is 29.3 Å². The van der Waals surface area contributed by atoms with Gasteiger partial charge in [-0.05, 0) is 31.9 Å². The van der Waals surface area contributed by atoms with Gasteiger partial charge >= 0.3 is 0 Å². The molecule has 1 unspecified atom stereocenters. The molecule has 0 bridgehead atoms. The molecule has 1 N–H and O–H groups in total. The minimum atomic E-state index is -0.748. The van der Waals surface area contributed by atoms with Crippen molar-refractivity contribution >= 4 is 27.5 Å². The normalized spacial score (nSPS) is 25.3. The molecule has 1 amide bonds. The topological polar surface area (TPSA) is 62.7 Å². The van der Waals surface area contributed by atoms with Gasteiger partial charge in [0, 0.05) is 12.8 Å². The summed E-state index contributed by atoms with van der Waals surface area (Å²) < 4.78 is 6.93. The zero-order valence-corrected chi connectivity index (χ0v) is 14.6. The first-order valence-electron chi connectivity index (χ1n) is 8.43. The number of carbonyl (C=O) groups is 1. The highest BCUT2D eigenvalue weighted by Crippen LogP contribution is 2.39. The summed E-state index contributed by atoms with van der Waals surface area (Å²) in [5.74, 6) is 0.178. The van der Waals surface area contributed by atoms with E-state index in [-0.39, 0.29) is 11.5 Å². The van der Waals surface area contributed by atoms with Crippen LogP contribution in [-0.2, 0) is 16.0 Å². The molecule has 2 aliphatic rings. The molecule has 1 spiro atoms. The number of carbonyl (C=O) groups excluding carboxylic acids is 1. The molecular formula is C18H22N2O3S. The smallest absolute Gasteiger partial charge is 0.222 e. The standard InChI is InChI=1S/C18H22N2O3S/c1-17(22)9-18(23-12-17)10-20(11-18)16(21)8-4-7-15-19-13-5-2-3-6-14(13)24-15/h2-3,5-6,22H,4,7-12H2,1H3. The van der Waals surface area contributed by atoms with Crippen LogP contribution in [0.2, 0.25) is 0 Å². The zero-order chi connectivity index (χ0) is 16.8. The van der Waals surface area contributed by atoms with Gasteiger partial charge in [-0.25, -0.2) is 4.98 Å². The van der Waals surface area contributed by atoms with Crippen LogP contribution in [0, 0.1) is 0 Å². The second kappa shape index (κ2) is 5.79. The van der Waals surface area contributed by atoms with Gasteiger partial charge in [-0.2, -0.15) is 0 Å². The molecule has 0 radical (unpaired) electrons. The third-order valence-corrected chi connectivity index (χ3v) is 5.92. The molecule has 1 aromatic carbocycles. The van der Waals surface area contributed by atoms with Gasteiger partial charge in [-0.3, -0.25) is 4.79 Å². The highest BCUT2D eigenvalue weighted by Gasteiger charge is 2.54. The lowest BCUT2D eigenvalue weighted by Gasteiger charge is -2.47. The van der Waals surface area contributed by atoms with Crippen LogP contribution in [0.15, 0.2) is 24.3 Å². The van der Waals surface area contributed by atoms with Crippen LogP contribution < -0.4 is 0 Å². The molecule has 5 nitrogen and oxygen atoms in total. The molecule has 2 fully saturated rings. The first-order chi connectivity index (χ1) is 11.4. The summed E-state index contributed by atoms with van der Waals surface area (Å²) in [6, 6.07) is 8.13. The Kier molecular flexibility index (Phi) is 3.86. The number of likely N-dealkylation sites (tertiary alicyclic amines) is 1. The molecule has 0 aliphatic carbocycles. The van der Waals surface area contributed by atoms with E-state index in [0.29, 0.717) is 32.5 Å². The predicted octanol–water partition coefficient (Wildman–Crippen LogP) is 2.37. The summed E-state index contributed by atoms with van der Waals surface area (Å²) >= 11 is 1.71. The number of aromatic nitrogens is 1. The molecule has 1 aromatic heterocycles. The van der Waals surface area contributed by atoms with E-state index in [4.69, 9.17) is 4.74 Å². The number of hydrogen-bond acceptors (Lipinski definition) is 5. The number of amides is 1. The van der Waals surface area contributed by atoms with Crippen molar-refractivity contribution in [1.29, 1.82) is 0 Å². The molecule has 128 valence electrons. The van der Waals surface area contributed by atoms with E-state index in [9.17, 15) is 9.90 Å². The van der Waals surface area contributed by atoms with E-state index in [1.54, 1.807) is 18.3 Å². The third-order valence-electron chi connectivity index (χ3n) is 4.82. The van der Waals surface area contributed by atoms with Gasteiger partial charge in [-0.15, -0.1) is 11.3 Å². The van der Waals surface area contributed by atoms with Crippen LogP contribution in [-0.4, -0.2) is 51.8 Å². The number of fused-ring (bicyclic) bond motifs is 1. The molecule has 3 heterocycles. The molecule has 24 heavy (non-hydrogen) atoms. The molecule has 4 rings (SSSR count). The Morgan fingerprint density at radius 2 is 2.21 bits per heavy atom. The van der Waals surface area contributed by atoms with Crippen LogP contribution in [0.25, 0.3) is 10.2 Å². The summed E-state index contributed by atoms with van der Waals surface area (Å²) in [4.78, 5) is 18.7. The lowest BCUT2D eigenvalue weighted by atomic mass is 9.85. The highest BCUT2D eigenvalue weighted by molar-refractivity contribution is 7.18. The van der Waals surface area contributed by atoms with Crippen LogP contribution in [0.3, 0.4) is 0 Å². The SMILES string of the molecule is CC1(O)COC2(CN(C(=O)CCCc3nc4ccccc4s3)C2)C1. The maximum atomic E-state index is 12.3. The maximum absolute atomic E-state index is 12.3. The van der Waals surface area contributed by atoms with Crippen molar-refractivity contribution in [2.75, 3.05) is 19.7 Å². The van der Waals surface area contributed by atoms with E-state index < -0.39 is 5.60 Å². The molecule has 0 saturated carbocycles. The van der Waals surface area contributed by atoms with Gasteiger partial charge in [0.2, 0.25) is 5.91 Å². The Labute approximate surface area is 145 Å². The lowest BCUT2D eigenvalue weighted by molar-refractivity contribution is -0.157. The van der Waals surface area contributed by atoms with Gasteiger partial charge in [0.25, 0.3) is 0 Å². The number of para-hydroxylation sites is 1.